The van der Waals surface area contributed by atoms with Crippen molar-refractivity contribution in [2.24, 2.45) is 0 Å². The fourth-order valence-corrected chi connectivity index (χ4v) is 3.08. The summed E-state index contributed by atoms with van der Waals surface area (Å²) in [6.45, 7) is 1.96. The molecule has 90 valence electrons. The second kappa shape index (κ2) is 5.77. The summed E-state index contributed by atoms with van der Waals surface area (Å²) >= 11 is 3.24. The van der Waals surface area contributed by atoms with Gasteiger partial charge in [-0.05, 0) is 31.0 Å². The van der Waals surface area contributed by atoms with Gasteiger partial charge in [-0.1, -0.05) is 22.0 Å². The molecule has 0 aliphatic heterocycles. The minimum Gasteiger partial charge on any atom is -0.396 e. The summed E-state index contributed by atoms with van der Waals surface area (Å²) in [6, 6.07) is 5.10. The summed E-state index contributed by atoms with van der Waals surface area (Å²) in [5, 5.41) is 8.59. The maximum Gasteiger partial charge on any atom is 0.240 e. The number of hydrogen-bond acceptors (Lipinski definition) is 3. The Morgan fingerprint density at radius 1 is 1.44 bits per heavy atom. The number of rotatable bonds is 5. The molecular formula is C10H14BrNO3S. The molecule has 0 aliphatic rings. The second-order valence-electron chi connectivity index (χ2n) is 3.38. The van der Waals surface area contributed by atoms with Crippen molar-refractivity contribution in [1.29, 1.82) is 0 Å². The first kappa shape index (κ1) is 13.6. The van der Waals surface area contributed by atoms with Crippen LogP contribution in [0.15, 0.2) is 27.6 Å². The Hall–Kier alpha value is -0.430. The fourth-order valence-electron chi connectivity index (χ4n) is 1.23. The molecule has 0 aromatic heterocycles. The summed E-state index contributed by atoms with van der Waals surface area (Å²) in [6.07, 6.45) is 0.409. The predicted molar refractivity (Wildman–Crippen MR) is 65.8 cm³/mol. The molecule has 0 saturated carbocycles. The van der Waals surface area contributed by atoms with E-state index >= 15 is 0 Å². The van der Waals surface area contributed by atoms with Crippen LogP contribution in [0.1, 0.15) is 12.0 Å². The monoisotopic (exact) mass is 307 g/mol. The van der Waals surface area contributed by atoms with Crippen LogP contribution in [0.5, 0.6) is 0 Å². The quantitative estimate of drug-likeness (QED) is 0.809. The molecule has 0 bridgehead atoms. The molecule has 0 radical (unpaired) electrons. The maximum atomic E-state index is 11.9. The zero-order valence-corrected chi connectivity index (χ0v) is 11.3. The summed E-state index contributed by atoms with van der Waals surface area (Å²) in [4.78, 5) is 0.264. The van der Waals surface area contributed by atoms with Crippen molar-refractivity contribution in [3.8, 4) is 0 Å². The van der Waals surface area contributed by atoms with Crippen molar-refractivity contribution < 1.29 is 13.5 Å². The molecule has 1 aromatic carbocycles. The lowest BCUT2D eigenvalue weighted by Gasteiger charge is -2.09. The van der Waals surface area contributed by atoms with E-state index in [0.717, 1.165) is 4.47 Å². The molecule has 0 aliphatic carbocycles. The van der Waals surface area contributed by atoms with E-state index < -0.39 is 10.0 Å². The lowest BCUT2D eigenvalue weighted by molar-refractivity contribution is 0.289. The lowest BCUT2D eigenvalue weighted by Crippen LogP contribution is -2.26. The summed E-state index contributed by atoms with van der Waals surface area (Å²) in [5.41, 5.74) is 0.694. The standard InChI is InChI=1S/C10H14BrNO3S/c1-8-3-4-9(11)7-10(8)16(14,15)12-5-2-6-13/h3-4,7,12-13H,2,5-6H2,1H3. The largest absolute Gasteiger partial charge is 0.396 e. The van der Waals surface area contributed by atoms with E-state index in [-0.39, 0.29) is 18.0 Å². The zero-order chi connectivity index (χ0) is 12.2. The van der Waals surface area contributed by atoms with Gasteiger partial charge in [-0.15, -0.1) is 0 Å². The Balaban J connectivity index is 2.93. The van der Waals surface area contributed by atoms with Crippen LogP contribution in [0.4, 0.5) is 0 Å². The van der Waals surface area contributed by atoms with Crippen LogP contribution in [0.3, 0.4) is 0 Å². The van der Waals surface area contributed by atoms with E-state index in [1.54, 1.807) is 25.1 Å². The predicted octanol–water partition coefficient (Wildman–Crippen LogP) is 1.42. The van der Waals surface area contributed by atoms with Crippen molar-refractivity contribution >= 4 is 26.0 Å². The van der Waals surface area contributed by atoms with Crippen molar-refractivity contribution in [2.45, 2.75) is 18.2 Å². The first-order valence-electron chi connectivity index (χ1n) is 4.84. The zero-order valence-electron chi connectivity index (χ0n) is 8.90. The Morgan fingerprint density at radius 3 is 2.75 bits per heavy atom. The topological polar surface area (TPSA) is 66.4 Å². The van der Waals surface area contributed by atoms with Gasteiger partial charge < -0.3 is 5.11 Å². The number of aliphatic hydroxyl groups excluding tert-OH is 1. The van der Waals surface area contributed by atoms with E-state index in [4.69, 9.17) is 5.11 Å². The van der Waals surface area contributed by atoms with Gasteiger partial charge in [-0.25, -0.2) is 13.1 Å². The number of halogens is 1. The van der Waals surface area contributed by atoms with Gasteiger partial charge >= 0.3 is 0 Å². The molecule has 0 unspecified atom stereocenters. The Morgan fingerprint density at radius 2 is 2.12 bits per heavy atom. The first-order chi connectivity index (χ1) is 7.47. The minimum atomic E-state index is -3.48. The van der Waals surface area contributed by atoms with Gasteiger partial charge in [0.15, 0.2) is 0 Å². The fraction of sp³-hybridized carbons (Fsp3) is 0.400. The molecular weight excluding hydrogens is 294 g/mol. The lowest BCUT2D eigenvalue weighted by atomic mass is 10.2. The minimum absolute atomic E-state index is 0.0278. The van der Waals surface area contributed by atoms with Crippen LogP contribution >= 0.6 is 15.9 Å². The van der Waals surface area contributed by atoms with Gasteiger partial charge in [-0.2, -0.15) is 0 Å². The van der Waals surface area contributed by atoms with Gasteiger partial charge in [0.1, 0.15) is 0 Å². The molecule has 4 nitrogen and oxygen atoms in total. The van der Waals surface area contributed by atoms with E-state index in [1.807, 2.05) is 0 Å². The number of sulfonamides is 1. The highest BCUT2D eigenvalue weighted by molar-refractivity contribution is 9.10. The molecule has 1 rings (SSSR count). The van der Waals surface area contributed by atoms with Crippen molar-refractivity contribution in [3.63, 3.8) is 0 Å². The summed E-state index contributed by atoms with van der Waals surface area (Å²) < 4.78 is 26.9. The number of benzene rings is 1. The van der Waals surface area contributed by atoms with Crippen LogP contribution in [0.25, 0.3) is 0 Å². The number of aliphatic hydroxyl groups is 1. The smallest absolute Gasteiger partial charge is 0.240 e. The second-order valence-corrected chi connectivity index (χ2v) is 6.04. The molecule has 0 amide bonds. The Kier molecular flexibility index (Phi) is 4.91. The van der Waals surface area contributed by atoms with Gasteiger partial charge in [0.25, 0.3) is 0 Å². The summed E-state index contributed by atoms with van der Waals surface area (Å²) in [7, 11) is -3.48. The highest BCUT2D eigenvalue weighted by atomic mass is 79.9. The third-order valence-corrected chi connectivity index (χ3v) is 4.16. The van der Waals surface area contributed by atoms with Crippen LogP contribution in [0, 0.1) is 6.92 Å². The highest BCUT2D eigenvalue weighted by Gasteiger charge is 2.16. The molecule has 1 aromatic rings. The van der Waals surface area contributed by atoms with E-state index in [2.05, 4.69) is 20.7 Å². The van der Waals surface area contributed by atoms with E-state index in [0.29, 0.717) is 12.0 Å². The van der Waals surface area contributed by atoms with Gasteiger partial charge in [0.05, 0.1) is 4.90 Å². The number of nitrogens with one attached hydrogen (secondary N) is 1. The number of aryl methyl sites for hydroxylation is 1. The van der Waals surface area contributed by atoms with E-state index in [9.17, 15) is 8.42 Å². The Bertz CT molecular complexity index is 459. The van der Waals surface area contributed by atoms with Crippen molar-refractivity contribution in [3.05, 3.63) is 28.2 Å². The average Bonchev–Trinajstić information content (AvgIpc) is 2.22. The first-order valence-corrected chi connectivity index (χ1v) is 7.11. The highest BCUT2D eigenvalue weighted by Crippen LogP contribution is 2.20. The van der Waals surface area contributed by atoms with Crippen LogP contribution < -0.4 is 4.72 Å². The molecule has 6 heteroatoms. The van der Waals surface area contributed by atoms with Crippen LogP contribution in [0.2, 0.25) is 0 Å². The van der Waals surface area contributed by atoms with Gasteiger partial charge in [0, 0.05) is 17.6 Å². The molecule has 0 fully saturated rings. The van der Waals surface area contributed by atoms with Crippen LogP contribution in [-0.2, 0) is 10.0 Å². The van der Waals surface area contributed by atoms with E-state index in [1.165, 1.54) is 0 Å². The molecule has 0 atom stereocenters. The van der Waals surface area contributed by atoms with Gasteiger partial charge in [0.2, 0.25) is 10.0 Å². The average molecular weight is 308 g/mol. The Labute approximate surface area is 104 Å². The normalized spacial score (nSPS) is 11.7. The third-order valence-electron chi connectivity index (χ3n) is 2.07. The number of hydrogen-bond donors (Lipinski definition) is 2. The molecule has 16 heavy (non-hydrogen) atoms. The van der Waals surface area contributed by atoms with Crippen LogP contribution in [-0.4, -0.2) is 26.7 Å². The SMILES string of the molecule is Cc1ccc(Br)cc1S(=O)(=O)NCCCO. The molecule has 2 N–H and O–H groups in total. The molecule has 0 spiro atoms. The van der Waals surface area contributed by atoms with Gasteiger partial charge in [-0.3, -0.25) is 0 Å². The molecule has 0 saturated heterocycles. The summed E-state index contributed by atoms with van der Waals surface area (Å²) in [5.74, 6) is 0. The van der Waals surface area contributed by atoms with Crippen molar-refractivity contribution in [1.82, 2.24) is 4.72 Å². The third kappa shape index (κ3) is 3.55. The molecule has 0 heterocycles. The maximum absolute atomic E-state index is 11.9. The van der Waals surface area contributed by atoms with Crippen molar-refractivity contribution in [2.75, 3.05) is 13.2 Å².